The molecule has 0 saturated carbocycles. The summed E-state index contributed by atoms with van der Waals surface area (Å²) in [5.41, 5.74) is 1.68. The lowest BCUT2D eigenvalue weighted by atomic mass is 9.83. The second-order valence-electron chi connectivity index (χ2n) is 4.97. The molecule has 1 aromatic heterocycles. The number of carbonyl (C=O) groups is 1. The lowest BCUT2D eigenvalue weighted by Gasteiger charge is -2.30. The molecule has 0 bridgehead atoms. The van der Waals surface area contributed by atoms with Crippen LogP contribution in [-0.2, 0) is 9.53 Å². The summed E-state index contributed by atoms with van der Waals surface area (Å²) in [6.07, 6.45) is 0.0786. The molecular formula is C15H15NO2S. The first kappa shape index (κ1) is 12.4. The van der Waals surface area contributed by atoms with Gasteiger partial charge in [0, 0.05) is 5.57 Å². The summed E-state index contributed by atoms with van der Waals surface area (Å²) in [7, 11) is 0. The Morgan fingerprint density at radius 1 is 1.32 bits per heavy atom. The van der Waals surface area contributed by atoms with Crippen LogP contribution in [0.2, 0.25) is 0 Å². The van der Waals surface area contributed by atoms with Gasteiger partial charge < -0.3 is 4.74 Å². The van der Waals surface area contributed by atoms with Crippen molar-refractivity contribution < 1.29 is 9.53 Å². The minimum atomic E-state index is -0.292. The van der Waals surface area contributed by atoms with Crippen molar-refractivity contribution in [3.05, 3.63) is 40.6 Å². The number of rotatable bonds is 3. The van der Waals surface area contributed by atoms with E-state index < -0.39 is 0 Å². The zero-order valence-electron chi connectivity index (χ0n) is 11.1. The van der Waals surface area contributed by atoms with Crippen LogP contribution in [0.4, 0.5) is 0 Å². The van der Waals surface area contributed by atoms with Crippen molar-refractivity contribution in [2.45, 2.75) is 32.8 Å². The molecule has 1 aliphatic carbocycles. The van der Waals surface area contributed by atoms with Crippen molar-refractivity contribution in [3.8, 4) is 0 Å². The van der Waals surface area contributed by atoms with Crippen LogP contribution in [0.15, 0.2) is 35.6 Å². The molecule has 0 saturated heterocycles. The van der Waals surface area contributed by atoms with Gasteiger partial charge in [-0.3, -0.25) is 4.79 Å². The Bertz CT molecular complexity index is 651. The average molecular weight is 273 g/mol. The van der Waals surface area contributed by atoms with Gasteiger partial charge in [0.25, 0.3) is 0 Å². The predicted molar refractivity (Wildman–Crippen MR) is 76.3 cm³/mol. The number of benzene rings is 1. The van der Waals surface area contributed by atoms with Crippen LogP contribution < -0.4 is 0 Å². The van der Waals surface area contributed by atoms with Crippen molar-refractivity contribution in [2.24, 2.45) is 0 Å². The molecule has 1 aromatic carbocycles. The Labute approximate surface area is 115 Å². The third-order valence-corrected chi connectivity index (χ3v) is 4.28. The van der Waals surface area contributed by atoms with Crippen molar-refractivity contribution in [2.75, 3.05) is 0 Å². The van der Waals surface area contributed by atoms with Crippen LogP contribution in [0.3, 0.4) is 0 Å². The Balaban J connectivity index is 2.00. The molecular weight excluding hydrogens is 258 g/mol. The van der Waals surface area contributed by atoms with E-state index in [4.69, 9.17) is 4.74 Å². The van der Waals surface area contributed by atoms with Gasteiger partial charge in [0.15, 0.2) is 5.78 Å². The van der Waals surface area contributed by atoms with E-state index in [-0.39, 0.29) is 17.8 Å². The molecule has 98 valence electrons. The van der Waals surface area contributed by atoms with E-state index in [2.05, 4.69) is 4.98 Å². The number of allylic oxidation sites excluding steroid dienone is 2. The number of nitrogens with zero attached hydrogens (tertiary/aromatic N) is 1. The standard InChI is InChI=1S/C15H15NO2S/c1-8(2)18-14-9(3)13(17)12(14)15-16-10-6-4-5-7-11(10)19-15/h4-8,12H,1-3H3. The number of Topliss-reactive ketones (excluding diaryl/α,β-unsaturated/α-hetero) is 1. The maximum absolute atomic E-state index is 12.1. The lowest BCUT2D eigenvalue weighted by Crippen LogP contribution is -2.30. The number of thiazole rings is 1. The van der Waals surface area contributed by atoms with E-state index >= 15 is 0 Å². The molecule has 0 amide bonds. The summed E-state index contributed by atoms with van der Waals surface area (Å²) < 4.78 is 6.87. The fraction of sp³-hybridized carbons (Fsp3) is 0.333. The van der Waals surface area contributed by atoms with Crippen LogP contribution in [0.25, 0.3) is 10.2 Å². The first-order valence-electron chi connectivity index (χ1n) is 6.35. The van der Waals surface area contributed by atoms with Gasteiger partial charge in [-0.1, -0.05) is 12.1 Å². The van der Waals surface area contributed by atoms with E-state index in [0.717, 1.165) is 26.6 Å². The number of para-hydroxylation sites is 1. The van der Waals surface area contributed by atoms with Gasteiger partial charge in [-0.15, -0.1) is 11.3 Å². The average Bonchev–Trinajstić information content (AvgIpc) is 2.80. The van der Waals surface area contributed by atoms with Crippen LogP contribution in [0.5, 0.6) is 0 Å². The zero-order chi connectivity index (χ0) is 13.6. The molecule has 19 heavy (non-hydrogen) atoms. The molecule has 0 aliphatic heterocycles. The zero-order valence-corrected chi connectivity index (χ0v) is 12.0. The molecule has 3 rings (SSSR count). The number of hydrogen-bond acceptors (Lipinski definition) is 4. The van der Waals surface area contributed by atoms with E-state index in [1.54, 1.807) is 11.3 Å². The number of aromatic nitrogens is 1. The van der Waals surface area contributed by atoms with Crippen LogP contribution in [0.1, 0.15) is 31.7 Å². The normalized spacial score (nSPS) is 19.2. The number of hydrogen-bond donors (Lipinski definition) is 0. The predicted octanol–water partition coefficient (Wildman–Crippen LogP) is 3.66. The third kappa shape index (κ3) is 1.96. The molecule has 2 aromatic rings. The second kappa shape index (κ2) is 4.46. The molecule has 0 fully saturated rings. The van der Waals surface area contributed by atoms with Gasteiger partial charge in [0.2, 0.25) is 0 Å². The highest BCUT2D eigenvalue weighted by atomic mass is 32.1. The topological polar surface area (TPSA) is 39.2 Å². The Hall–Kier alpha value is -1.68. The molecule has 1 atom stereocenters. The fourth-order valence-electron chi connectivity index (χ4n) is 2.24. The molecule has 4 heteroatoms. The summed E-state index contributed by atoms with van der Waals surface area (Å²) in [6.45, 7) is 5.76. The lowest BCUT2D eigenvalue weighted by molar-refractivity contribution is -0.120. The third-order valence-electron chi connectivity index (χ3n) is 3.18. The van der Waals surface area contributed by atoms with E-state index in [0.29, 0.717) is 0 Å². The second-order valence-corrected chi connectivity index (χ2v) is 6.04. The van der Waals surface area contributed by atoms with E-state index in [1.807, 2.05) is 45.0 Å². The Morgan fingerprint density at radius 3 is 2.74 bits per heavy atom. The van der Waals surface area contributed by atoms with Gasteiger partial charge in [-0.2, -0.15) is 0 Å². The monoisotopic (exact) mass is 273 g/mol. The van der Waals surface area contributed by atoms with Crippen molar-refractivity contribution in [1.29, 1.82) is 0 Å². The van der Waals surface area contributed by atoms with E-state index in [9.17, 15) is 4.79 Å². The molecule has 0 spiro atoms. The number of carbonyl (C=O) groups excluding carboxylic acids is 1. The highest BCUT2D eigenvalue weighted by Gasteiger charge is 2.42. The van der Waals surface area contributed by atoms with Gasteiger partial charge >= 0.3 is 0 Å². The van der Waals surface area contributed by atoms with Crippen LogP contribution in [-0.4, -0.2) is 16.9 Å². The SMILES string of the molecule is CC1=C(OC(C)C)C(c2nc3ccccc3s2)C1=O. The van der Waals surface area contributed by atoms with Gasteiger partial charge in [-0.25, -0.2) is 4.98 Å². The summed E-state index contributed by atoms with van der Waals surface area (Å²) >= 11 is 1.57. The van der Waals surface area contributed by atoms with Gasteiger partial charge in [-0.05, 0) is 32.9 Å². The molecule has 1 aliphatic rings. The minimum absolute atomic E-state index is 0.0786. The summed E-state index contributed by atoms with van der Waals surface area (Å²) in [6, 6.07) is 7.94. The maximum Gasteiger partial charge on any atom is 0.179 e. The number of ketones is 1. The largest absolute Gasteiger partial charge is 0.494 e. The smallest absolute Gasteiger partial charge is 0.179 e. The molecule has 0 radical (unpaired) electrons. The maximum atomic E-state index is 12.1. The summed E-state index contributed by atoms with van der Waals surface area (Å²) in [5, 5.41) is 0.840. The quantitative estimate of drug-likeness (QED) is 0.856. The van der Waals surface area contributed by atoms with Crippen molar-refractivity contribution in [3.63, 3.8) is 0 Å². The van der Waals surface area contributed by atoms with Crippen molar-refractivity contribution >= 4 is 27.3 Å². The summed E-state index contributed by atoms with van der Waals surface area (Å²) in [5.74, 6) is 0.633. The van der Waals surface area contributed by atoms with E-state index in [1.165, 1.54) is 0 Å². The Morgan fingerprint density at radius 2 is 2.05 bits per heavy atom. The first-order chi connectivity index (χ1) is 9.08. The molecule has 1 unspecified atom stereocenters. The van der Waals surface area contributed by atoms with Gasteiger partial charge in [0.05, 0.1) is 16.3 Å². The number of fused-ring (bicyclic) bond motifs is 1. The summed E-state index contributed by atoms with van der Waals surface area (Å²) in [4.78, 5) is 16.6. The Kier molecular flexibility index (Phi) is 2.90. The number of ether oxygens (including phenoxy) is 1. The van der Waals surface area contributed by atoms with Gasteiger partial charge in [0.1, 0.15) is 16.7 Å². The van der Waals surface area contributed by atoms with Crippen LogP contribution in [0, 0.1) is 0 Å². The van der Waals surface area contributed by atoms with Crippen molar-refractivity contribution in [1.82, 2.24) is 4.98 Å². The fourth-order valence-corrected chi connectivity index (χ4v) is 3.31. The van der Waals surface area contributed by atoms with Crippen LogP contribution >= 0.6 is 11.3 Å². The molecule has 3 nitrogen and oxygen atoms in total. The molecule has 0 N–H and O–H groups in total. The highest BCUT2D eigenvalue weighted by Crippen LogP contribution is 2.42. The highest BCUT2D eigenvalue weighted by molar-refractivity contribution is 7.18. The minimum Gasteiger partial charge on any atom is -0.494 e. The molecule has 1 heterocycles. The first-order valence-corrected chi connectivity index (χ1v) is 7.16.